The Hall–Kier alpha value is -3.11. The lowest BCUT2D eigenvalue weighted by Crippen LogP contribution is -2.38. The molecule has 4 N–H and O–H groups in total. The normalized spacial score (nSPS) is 18.4. The fraction of sp³-hybridized carbons (Fsp3) is 0.368. The number of carbonyl (C=O) groups is 2. The highest BCUT2D eigenvalue weighted by atomic mass is 35.5. The van der Waals surface area contributed by atoms with Crippen LogP contribution in [0.15, 0.2) is 18.2 Å². The van der Waals surface area contributed by atoms with Crippen molar-refractivity contribution in [3.05, 3.63) is 28.8 Å². The van der Waals surface area contributed by atoms with Crippen LogP contribution >= 0.6 is 11.6 Å². The maximum atomic E-state index is 13.1. The van der Waals surface area contributed by atoms with Crippen LogP contribution in [-0.4, -0.2) is 55.2 Å². The van der Waals surface area contributed by atoms with E-state index in [9.17, 15) is 9.59 Å². The number of nitrogens with two attached hydrogens (primary N) is 1. The van der Waals surface area contributed by atoms with Gasteiger partial charge < -0.3 is 30.7 Å². The molecule has 2 aliphatic rings. The smallest absolute Gasteiger partial charge is 0.232 e. The second-order valence-electron chi connectivity index (χ2n) is 6.91. The van der Waals surface area contributed by atoms with Gasteiger partial charge in [-0.05, 0) is 18.2 Å². The van der Waals surface area contributed by atoms with Gasteiger partial charge in [-0.25, -0.2) is 0 Å². The number of nitrogen functional groups attached to an aromatic ring is 1. The summed E-state index contributed by atoms with van der Waals surface area (Å²) >= 11 is 6.04. The van der Waals surface area contributed by atoms with Crippen molar-refractivity contribution in [2.24, 2.45) is 0 Å². The Kier molecular flexibility index (Phi) is 5.60. The fourth-order valence-electron chi connectivity index (χ4n) is 3.51. The Labute approximate surface area is 177 Å². The fourth-order valence-corrected chi connectivity index (χ4v) is 3.68. The number of anilines is 4. The van der Waals surface area contributed by atoms with Crippen molar-refractivity contribution < 1.29 is 19.1 Å². The average Bonchev–Trinajstić information content (AvgIpc) is 2.73. The van der Waals surface area contributed by atoms with Crippen LogP contribution < -0.4 is 26.0 Å². The molecular formula is C19H21ClN6O4. The summed E-state index contributed by atoms with van der Waals surface area (Å²) in [6.07, 6.45) is -0.0772. The first kappa shape index (κ1) is 20.2. The van der Waals surface area contributed by atoms with Gasteiger partial charge >= 0.3 is 0 Å². The van der Waals surface area contributed by atoms with E-state index in [-0.39, 0.29) is 24.0 Å². The van der Waals surface area contributed by atoms with Gasteiger partial charge in [0, 0.05) is 24.5 Å². The number of fused-ring (bicyclic) bond motifs is 1. The van der Waals surface area contributed by atoms with Crippen molar-refractivity contribution >= 4 is 46.7 Å². The second-order valence-corrected chi connectivity index (χ2v) is 7.35. The molecule has 0 bridgehead atoms. The van der Waals surface area contributed by atoms with Crippen LogP contribution in [0, 0.1) is 0 Å². The van der Waals surface area contributed by atoms with Gasteiger partial charge in [0.2, 0.25) is 17.8 Å². The summed E-state index contributed by atoms with van der Waals surface area (Å²) in [4.78, 5) is 36.1. The number of amides is 2. The minimum Gasteiger partial charge on any atom is -0.495 e. The molecule has 4 rings (SSSR count). The zero-order chi connectivity index (χ0) is 21.3. The summed E-state index contributed by atoms with van der Waals surface area (Å²) in [5, 5.41) is 5.92. The van der Waals surface area contributed by atoms with Gasteiger partial charge in [-0.1, -0.05) is 11.6 Å². The van der Waals surface area contributed by atoms with E-state index < -0.39 is 11.8 Å². The first-order valence-corrected chi connectivity index (χ1v) is 9.78. The van der Waals surface area contributed by atoms with Crippen molar-refractivity contribution in [1.29, 1.82) is 0 Å². The van der Waals surface area contributed by atoms with Crippen LogP contribution in [0.25, 0.3) is 0 Å². The van der Waals surface area contributed by atoms with E-state index in [1.807, 2.05) is 4.90 Å². The Balaban J connectivity index is 1.65. The zero-order valence-corrected chi connectivity index (χ0v) is 17.0. The summed E-state index contributed by atoms with van der Waals surface area (Å²) in [6, 6.07) is 4.87. The Morgan fingerprint density at radius 2 is 2.13 bits per heavy atom. The molecule has 1 aromatic carbocycles. The molecule has 1 saturated heterocycles. The van der Waals surface area contributed by atoms with E-state index in [4.69, 9.17) is 26.8 Å². The van der Waals surface area contributed by atoms with Gasteiger partial charge in [0.25, 0.3) is 0 Å². The van der Waals surface area contributed by atoms with Crippen molar-refractivity contribution in [1.82, 2.24) is 9.97 Å². The number of aromatic nitrogens is 2. The van der Waals surface area contributed by atoms with Crippen molar-refractivity contribution in [2.45, 2.75) is 12.3 Å². The molecule has 1 unspecified atom stereocenters. The molecule has 2 amide bonds. The van der Waals surface area contributed by atoms with E-state index in [0.29, 0.717) is 54.3 Å². The lowest BCUT2D eigenvalue weighted by Gasteiger charge is -2.30. The summed E-state index contributed by atoms with van der Waals surface area (Å²) in [6.45, 7) is 2.34. The molecular weight excluding hydrogens is 412 g/mol. The average molecular weight is 433 g/mol. The molecule has 0 aliphatic carbocycles. The van der Waals surface area contributed by atoms with Gasteiger partial charge in [0.1, 0.15) is 17.4 Å². The molecule has 0 spiro atoms. The summed E-state index contributed by atoms with van der Waals surface area (Å²) < 4.78 is 10.6. The van der Waals surface area contributed by atoms with E-state index in [1.165, 1.54) is 7.11 Å². The van der Waals surface area contributed by atoms with E-state index >= 15 is 0 Å². The Morgan fingerprint density at radius 3 is 2.87 bits per heavy atom. The minimum absolute atomic E-state index is 0.0772. The van der Waals surface area contributed by atoms with Crippen LogP contribution in [0.5, 0.6) is 5.75 Å². The minimum atomic E-state index is -0.851. The zero-order valence-electron chi connectivity index (χ0n) is 16.3. The highest BCUT2D eigenvalue weighted by Crippen LogP contribution is 2.37. The van der Waals surface area contributed by atoms with Gasteiger partial charge in [-0.3, -0.25) is 9.59 Å². The standard InChI is InChI=1S/C19H21ClN6O4/c1-29-13-3-2-10(20)8-12(13)22-18(28)11-9-14(27)23-17-15(11)16(21)24-19(25-17)26-4-6-30-7-5-26/h2-3,8,11H,4-7,9H2,1H3,(H,22,28)(H3,21,23,24,25,27). The molecule has 158 valence electrons. The number of morpholine rings is 1. The van der Waals surface area contributed by atoms with Gasteiger partial charge in [0.05, 0.1) is 37.5 Å². The highest BCUT2D eigenvalue weighted by Gasteiger charge is 2.35. The molecule has 0 radical (unpaired) electrons. The number of benzene rings is 1. The van der Waals surface area contributed by atoms with Crippen LogP contribution in [0.2, 0.25) is 5.02 Å². The Morgan fingerprint density at radius 1 is 1.37 bits per heavy atom. The number of hydrogen-bond acceptors (Lipinski definition) is 8. The topological polar surface area (TPSA) is 132 Å². The SMILES string of the molecule is COc1ccc(Cl)cc1NC(=O)C1CC(=O)Nc2nc(N3CCOCC3)nc(N)c21. The second kappa shape index (κ2) is 8.33. The van der Waals surface area contributed by atoms with E-state index in [1.54, 1.807) is 18.2 Å². The molecule has 30 heavy (non-hydrogen) atoms. The quantitative estimate of drug-likeness (QED) is 0.664. The number of nitrogens with one attached hydrogen (secondary N) is 2. The summed E-state index contributed by atoms with van der Waals surface area (Å²) in [7, 11) is 1.49. The van der Waals surface area contributed by atoms with E-state index in [0.717, 1.165) is 0 Å². The number of ether oxygens (including phenoxy) is 2. The maximum Gasteiger partial charge on any atom is 0.232 e. The van der Waals surface area contributed by atoms with Crippen LogP contribution in [0.3, 0.4) is 0 Å². The predicted molar refractivity (Wildman–Crippen MR) is 112 cm³/mol. The largest absolute Gasteiger partial charge is 0.495 e. The maximum absolute atomic E-state index is 13.1. The number of rotatable bonds is 4. The van der Waals surface area contributed by atoms with Crippen LogP contribution in [0.1, 0.15) is 17.9 Å². The molecule has 2 aliphatic heterocycles. The number of carbonyl (C=O) groups excluding carboxylic acids is 2. The monoisotopic (exact) mass is 432 g/mol. The summed E-state index contributed by atoms with van der Waals surface area (Å²) in [5.41, 5.74) is 7.00. The molecule has 1 atom stereocenters. The number of methoxy groups -OCH3 is 1. The third kappa shape index (κ3) is 3.96. The molecule has 1 fully saturated rings. The molecule has 0 saturated carbocycles. The van der Waals surface area contributed by atoms with Gasteiger partial charge in [-0.2, -0.15) is 9.97 Å². The van der Waals surface area contributed by atoms with Crippen molar-refractivity contribution in [3.63, 3.8) is 0 Å². The first-order chi connectivity index (χ1) is 14.5. The summed E-state index contributed by atoms with van der Waals surface area (Å²) in [5.74, 6) is -0.366. The van der Waals surface area contributed by atoms with Crippen molar-refractivity contribution in [2.75, 3.05) is 54.7 Å². The van der Waals surface area contributed by atoms with Crippen LogP contribution in [0.4, 0.5) is 23.3 Å². The first-order valence-electron chi connectivity index (χ1n) is 9.40. The van der Waals surface area contributed by atoms with E-state index in [2.05, 4.69) is 20.6 Å². The van der Waals surface area contributed by atoms with Crippen molar-refractivity contribution in [3.8, 4) is 5.75 Å². The van der Waals surface area contributed by atoms with Crippen LogP contribution in [-0.2, 0) is 14.3 Å². The number of halogens is 1. The number of hydrogen-bond donors (Lipinski definition) is 3. The lowest BCUT2D eigenvalue weighted by molar-refractivity contribution is -0.123. The molecule has 10 nitrogen and oxygen atoms in total. The molecule has 2 aromatic rings. The third-order valence-electron chi connectivity index (χ3n) is 4.99. The lowest BCUT2D eigenvalue weighted by atomic mass is 9.92. The molecule has 11 heteroatoms. The molecule has 3 heterocycles. The highest BCUT2D eigenvalue weighted by molar-refractivity contribution is 6.31. The predicted octanol–water partition coefficient (Wildman–Crippen LogP) is 1.62. The molecule has 1 aromatic heterocycles. The Bertz CT molecular complexity index is 995. The van der Waals surface area contributed by atoms with Gasteiger partial charge in [0.15, 0.2) is 0 Å². The third-order valence-corrected chi connectivity index (χ3v) is 5.22. The number of nitrogens with zero attached hydrogens (tertiary/aromatic N) is 3. The van der Waals surface area contributed by atoms with Gasteiger partial charge in [-0.15, -0.1) is 0 Å².